The van der Waals surface area contributed by atoms with Crippen molar-refractivity contribution >= 4 is 37.2 Å². The average molecular weight is 601 g/mol. The highest BCUT2D eigenvalue weighted by molar-refractivity contribution is 6.74. The molecule has 0 fully saturated rings. The van der Waals surface area contributed by atoms with Gasteiger partial charge in [0.25, 0.3) is 5.91 Å². The second-order valence-electron chi connectivity index (χ2n) is 12.0. The van der Waals surface area contributed by atoms with Crippen molar-refractivity contribution in [1.82, 2.24) is 10.2 Å². The minimum atomic E-state index is -2.11. The van der Waals surface area contributed by atoms with Crippen molar-refractivity contribution in [2.75, 3.05) is 5.32 Å². The maximum Gasteiger partial charge on any atom is 0.255 e. The van der Waals surface area contributed by atoms with Gasteiger partial charge < -0.3 is 14.2 Å². The van der Waals surface area contributed by atoms with Crippen LogP contribution >= 0.6 is 11.6 Å². The molecular weight excluding hydrogens is 564 g/mol. The molecule has 4 rings (SSSR count). The molecule has 0 unspecified atom stereocenters. The summed E-state index contributed by atoms with van der Waals surface area (Å²) in [5.74, 6) is 0.441. The first kappa shape index (κ1) is 31.2. The highest BCUT2D eigenvalue weighted by atomic mass is 35.5. The second-order valence-corrected chi connectivity index (χ2v) is 17.2. The molecule has 0 aliphatic heterocycles. The van der Waals surface area contributed by atoms with Crippen LogP contribution in [0, 0.1) is 13.5 Å². The number of rotatable bonds is 9. The van der Waals surface area contributed by atoms with Crippen LogP contribution < -0.4 is 5.32 Å². The number of aromatic nitrogens is 2. The molecule has 7 nitrogen and oxygen atoms in total. The van der Waals surface area contributed by atoms with Crippen LogP contribution in [0.5, 0.6) is 0 Å². The van der Waals surface area contributed by atoms with Gasteiger partial charge in [0, 0.05) is 16.8 Å². The van der Waals surface area contributed by atoms with E-state index in [9.17, 15) is 4.79 Å². The van der Waals surface area contributed by atoms with Crippen molar-refractivity contribution < 1.29 is 13.6 Å². The first-order valence-electron chi connectivity index (χ1n) is 13.9. The van der Waals surface area contributed by atoms with E-state index in [0.717, 1.165) is 16.7 Å². The van der Waals surface area contributed by atoms with E-state index in [1.165, 1.54) is 0 Å². The summed E-state index contributed by atoms with van der Waals surface area (Å²) in [6, 6.07) is 20.1. The summed E-state index contributed by atoms with van der Waals surface area (Å²) in [6.45, 7) is 22.5. The Bertz CT molecular complexity index is 1590. The zero-order valence-corrected chi connectivity index (χ0v) is 26.9. The Morgan fingerprint density at radius 1 is 1.07 bits per heavy atom. The van der Waals surface area contributed by atoms with E-state index in [1.807, 2.05) is 55.5 Å². The summed E-state index contributed by atoms with van der Waals surface area (Å²) >= 11 is 6.52. The smallest absolute Gasteiger partial charge is 0.255 e. The lowest BCUT2D eigenvalue weighted by Gasteiger charge is -2.40. The van der Waals surface area contributed by atoms with Crippen molar-refractivity contribution in [3.05, 3.63) is 106 Å². The summed E-state index contributed by atoms with van der Waals surface area (Å²) in [4.78, 5) is 16.0. The molecule has 1 aromatic heterocycles. The molecule has 0 bridgehead atoms. The number of nitrogens with zero attached hydrogens (tertiary/aromatic N) is 3. The molecule has 0 aliphatic carbocycles. The zero-order valence-electron chi connectivity index (χ0n) is 25.2. The van der Waals surface area contributed by atoms with E-state index < -0.39 is 8.32 Å². The second kappa shape index (κ2) is 12.6. The fourth-order valence-corrected chi connectivity index (χ4v) is 6.10. The van der Waals surface area contributed by atoms with E-state index in [2.05, 4.69) is 61.1 Å². The molecule has 1 amide bonds. The molecule has 9 heteroatoms. The number of carbonyl (C=O) groups excluding carboxylic acids is 1. The van der Waals surface area contributed by atoms with Crippen LogP contribution in [0.15, 0.2) is 71.1 Å². The molecule has 42 heavy (non-hydrogen) atoms. The molecule has 0 spiro atoms. The van der Waals surface area contributed by atoms with Crippen LogP contribution in [0.2, 0.25) is 23.2 Å². The highest BCUT2D eigenvalue weighted by Crippen LogP contribution is 2.40. The molecule has 2 atom stereocenters. The molecule has 3 aromatic carbocycles. The van der Waals surface area contributed by atoms with Gasteiger partial charge in [0.15, 0.2) is 8.32 Å². The highest BCUT2D eigenvalue weighted by Gasteiger charge is 2.41. The number of hydrogen-bond acceptors (Lipinski definition) is 5. The van der Waals surface area contributed by atoms with Crippen LogP contribution in [0.1, 0.15) is 61.0 Å². The minimum absolute atomic E-state index is 0.0278. The number of carbonyl (C=O) groups is 1. The Kier molecular flexibility index (Phi) is 9.36. The Balaban J connectivity index is 1.61. The van der Waals surface area contributed by atoms with E-state index in [-0.39, 0.29) is 23.0 Å². The van der Waals surface area contributed by atoms with Crippen LogP contribution in [-0.4, -0.2) is 30.5 Å². The van der Waals surface area contributed by atoms with Gasteiger partial charge >= 0.3 is 0 Å². The monoisotopic (exact) mass is 600 g/mol. The predicted molar refractivity (Wildman–Crippen MR) is 171 cm³/mol. The molecule has 4 aromatic rings. The molecule has 0 radical (unpaired) electrons. The van der Waals surface area contributed by atoms with Gasteiger partial charge in [0.05, 0.1) is 23.6 Å². The Morgan fingerprint density at radius 2 is 1.74 bits per heavy atom. The van der Waals surface area contributed by atoms with Crippen molar-refractivity contribution in [2.45, 2.75) is 71.2 Å². The molecule has 0 saturated carbocycles. The predicted octanol–water partition coefficient (Wildman–Crippen LogP) is 9.24. The van der Waals surface area contributed by atoms with Crippen molar-refractivity contribution in [3.63, 3.8) is 0 Å². The topological polar surface area (TPSA) is 81.6 Å². The largest absolute Gasteiger partial charge is 0.420 e. The van der Waals surface area contributed by atoms with Gasteiger partial charge in [-0.15, -0.1) is 10.2 Å². The number of halogens is 1. The molecule has 218 valence electrons. The number of amides is 1. The van der Waals surface area contributed by atoms with E-state index in [1.54, 1.807) is 18.2 Å². The first-order chi connectivity index (χ1) is 19.8. The zero-order chi connectivity index (χ0) is 30.7. The molecule has 0 aliphatic rings. The van der Waals surface area contributed by atoms with Crippen LogP contribution in [0.3, 0.4) is 0 Å². The van der Waals surface area contributed by atoms with E-state index in [0.29, 0.717) is 40.2 Å². The lowest BCUT2D eigenvalue weighted by molar-refractivity contribution is 0.102. The number of hydrogen-bond donors (Lipinski definition) is 1. The van der Waals surface area contributed by atoms with Crippen LogP contribution in [-0.2, 0) is 10.8 Å². The first-order valence-corrected chi connectivity index (χ1v) is 17.2. The maximum absolute atomic E-state index is 12.5. The number of nitrogens with one attached hydrogen (secondary N) is 1. The third-order valence-corrected chi connectivity index (χ3v) is 13.1. The van der Waals surface area contributed by atoms with Crippen molar-refractivity contribution in [1.29, 1.82) is 0 Å². The van der Waals surface area contributed by atoms with Gasteiger partial charge in [-0.1, -0.05) is 62.7 Å². The fourth-order valence-electron chi connectivity index (χ4n) is 4.42. The Hall–Kier alpha value is -3.77. The normalized spacial score (nSPS) is 13.3. The van der Waals surface area contributed by atoms with Gasteiger partial charge in [-0.2, -0.15) is 0 Å². The third-order valence-electron chi connectivity index (χ3n) is 8.08. The van der Waals surface area contributed by atoms with Gasteiger partial charge in [-0.3, -0.25) is 4.79 Å². The lowest BCUT2D eigenvalue weighted by atomic mass is 9.92. The lowest BCUT2D eigenvalue weighted by Crippen LogP contribution is -2.44. The number of anilines is 1. The van der Waals surface area contributed by atoms with Gasteiger partial charge in [-0.25, -0.2) is 4.85 Å². The van der Waals surface area contributed by atoms with Crippen molar-refractivity contribution in [2.24, 2.45) is 0 Å². The Labute approximate surface area is 254 Å². The average Bonchev–Trinajstić information content (AvgIpc) is 3.43. The summed E-state index contributed by atoms with van der Waals surface area (Å²) in [5.41, 5.74) is 4.29. The summed E-state index contributed by atoms with van der Waals surface area (Å²) < 4.78 is 13.1. The van der Waals surface area contributed by atoms with Crippen LogP contribution in [0.4, 0.5) is 11.4 Å². The fraction of sp³-hybridized carbons (Fsp3) is 0.333. The minimum Gasteiger partial charge on any atom is -0.420 e. The van der Waals surface area contributed by atoms with Crippen LogP contribution in [0.25, 0.3) is 16.3 Å². The van der Waals surface area contributed by atoms with E-state index in [4.69, 9.17) is 27.0 Å². The molecular formula is C33H37ClN4O3Si. The van der Waals surface area contributed by atoms with Gasteiger partial charge in [0.2, 0.25) is 17.5 Å². The molecule has 1 heterocycles. The SMILES string of the molecule is [C-]#[N+]c1ccc(C[C@@H](c2nnc(-c3ccc(NC(=O)c4ccccc4)cc3)o2)[C@H](C)O[Si](C)(C)C(C)(C)C)c(C)c1Cl. The summed E-state index contributed by atoms with van der Waals surface area (Å²) in [5, 5.41) is 12.2. The number of benzene rings is 3. The summed E-state index contributed by atoms with van der Waals surface area (Å²) in [7, 11) is -2.11. The molecule has 0 saturated heterocycles. The summed E-state index contributed by atoms with van der Waals surface area (Å²) in [6.07, 6.45) is 0.347. The Morgan fingerprint density at radius 3 is 2.36 bits per heavy atom. The van der Waals surface area contributed by atoms with Gasteiger partial charge in [0.1, 0.15) is 0 Å². The standard InChI is InChI=1S/C33H37ClN4O3Si/c1-21-25(16-19-28(35-6)29(21)34)20-27(22(2)41-42(7,8)33(3,4)5)32-38-37-31(40-32)24-14-17-26(18-15-24)36-30(39)23-12-10-9-11-13-23/h9-19,22,27H,20H2,1-5,7-8H3,(H,36,39)/t22-,27+/m0/s1. The van der Waals surface area contributed by atoms with E-state index >= 15 is 0 Å². The van der Waals surface area contributed by atoms with Crippen molar-refractivity contribution in [3.8, 4) is 11.5 Å². The quantitative estimate of drug-likeness (QED) is 0.153. The maximum atomic E-state index is 12.5. The molecule has 1 N–H and O–H groups in total. The van der Waals surface area contributed by atoms with Gasteiger partial charge in [-0.05, 0) is 85.9 Å². The third kappa shape index (κ3) is 6.98.